The van der Waals surface area contributed by atoms with E-state index in [1.807, 2.05) is 24.3 Å². The molecule has 2 aromatic carbocycles. The van der Waals surface area contributed by atoms with Crippen molar-refractivity contribution in [1.29, 1.82) is 0 Å². The number of alkyl carbamates (subject to hydrolysis) is 1. The molecular formula is C28H36N2O5. The molecule has 0 saturated heterocycles. The summed E-state index contributed by atoms with van der Waals surface area (Å²) in [6.45, 7) is 9.35. The maximum absolute atomic E-state index is 12.9. The number of aliphatic carboxylic acids is 1. The number of rotatable bonds is 10. The Bertz CT molecular complexity index is 1050. The summed E-state index contributed by atoms with van der Waals surface area (Å²) in [5, 5.41) is 14.7. The lowest BCUT2D eigenvalue weighted by atomic mass is 9.73. The number of fused-ring (bicyclic) bond motifs is 3. The van der Waals surface area contributed by atoms with Gasteiger partial charge in [-0.1, -0.05) is 55.5 Å². The summed E-state index contributed by atoms with van der Waals surface area (Å²) in [6, 6.07) is 16.3. The molecule has 0 radical (unpaired) electrons. The van der Waals surface area contributed by atoms with Crippen LogP contribution in [0.25, 0.3) is 11.1 Å². The van der Waals surface area contributed by atoms with E-state index in [1.54, 1.807) is 34.6 Å². The number of hydrogen-bond acceptors (Lipinski definition) is 4. The highest BCUT2D eigenvalue weighted by Gasteiger charge is 2.44. The first-order valence-corrected chi connectivity index (χ1v) is 12.1. The zero-order valence-corrected chi connectivity index (χ0v) is 21.2. The lowest BCUT2D eigenvalue weighted by molar-refractivity contribution is -0.141. The molecule has 0 spiro atoms. The minimum absolute atomic E-state index is 0.0410. The first-order chi connectivity index (χ1) is 16.5. The smallest absolute Gasteiger partial charge is 0.407 e. The van der Waals surface area contributed by atoms with E-state index < -0.39 is 28.9 Å². The third-order valence-electron chi connectivity index (χ3n) is 7.41. The fourth-order valence-corrected chi connectivity index (χ4v) is 4.28. The van der Waals surface area contributed by atoms with Crippen LogP contribution in [0.2, 0.25) is 0 Å². The second kappa shape index (κ2) is 10.5. The van der Waals surface area contributed by atoms with Gasteiger partial charge in [0.15, 0.2) is 0 Å². The van der Waals surface area contributed by atoms with Gasteiger partial charge in [-0.3, -0.25) is 9.59 Å². The predicted molar refractivity (Wildman–Crippen MR) is 135 cm³/mol. The molecule has 0 aliphatic heterocycles. The molecule has 7 heteroatoms. The minimum atomic E-state index is -0.934. The van der Waals surface area contributed by atoms with Crippen molar-refractivity contribution in [2.24, 2.45) is 11.3 Å². The van der Waals surface area contributed by atoms with Gasteiger partial charge in [0.2, 0.25) is 5.91 Å². The quantitative estimate of drug-likeness (QED) is 0.418. The average Bonchev–Trinajstić information content (AvgIpc) is 3.13. The van der Waals surface area contributed by atoms with Crippen LogP contribution in [0.4, 0.5) is 4.79 Å². The molecule has 2 amide bonds. The van der Waals surface area contributed by atoms with E-state index >= 15 is 0 Å². The molecule has 0 heterocycles. The SMILES string of the molecule is CC(CCCNC(=O)C(C)(C)C(C)(C)NC(=O)OCC1c2ccccc2-c2ccccc21)C(=O)O. The zero-order chi connectivity index (χ0) is 25.8. The van der Waals surface area contributed by atoms with Gasteiger partial charge in [0, 0.05) is 12.5 Å². The van der Waals surface area contributed by atoms with Crippen molar-refractivity contribution in [1.82, 2.24) is 10.6 Å². The summed E-state index contributed by atoms with van der Waals surface area (Å²) in [5.74, 6) is -1.55. The number of ether oxygens (including phenoxy) is 1. The average molecular weight is 481 g/mol. The van der Waals surface area contributed by atoms with Gasteiger partial charge in [0.1, 0.15) is 6.61 Å². The zero-order valence-electron chi connectivity index (χ0n) is 21.2. The van der Waals surface area contributed by atoms with E-state index in [2.05, 4.69) is 34.9 Å². The Morgan fingerprint density at radius 1 is 0.971 bits per heavy atom. The number of carbonyl (C=O) groups is 3. The van der Waals surface area contributed by atoms with Crippen LogP contribution in [-0.2, 0) is 14.3 Å². The van der Waals surface area contributed by atoms with Gasteiger partial charge >= 0.3 is 12.1 Å². The third kappa shape index (κ3) is 5.66. The largest absolute Gasteiger partial charge is 0.481 e. The molecule has 3 N–H and O–H groups in total. The molecule has 1 atom stereocenters. The first-order valence-electron chi connectivity index (χ1n) is 12.1. The Morgan fingerprint density at radius 2 is 1.51 bits per heavy atom. The molecule has 1 aliphatic rings. The lowest BCUT2D eigenvalue weighted by Crippen LogP contribution is -2.59. The number of carboxylic acid groups (broad SMARTS) is 1. The van der Waals surface area contributed by atoms with E-state index in [-0.39, 0.29) is 18.4 Å². The molecule has 1 unspecified atom stereocenters. The van der Waals surface area contributed by atoms with Crippen LogP contribution in [0.5, 0.6) is 0 Å². The Labute approximate surface area is 207 Å². The van der Waals surface area contributed by atoms with Gasteiger partial charge in [0.25, 0.3) is 0 Å². The Hall–Kier alpha value is -3.35. The fraction of sp³-hybridized carbons (Fsp3) is 0.464. The predicted octanol–water partition coefficient (Wildman–Crippen LogP) is 4.95. The summed E-state index contributed by atoms with van der Waals surface area (Å²) in [7, 11) is 0. The summed E-state index contributed by atoms with van der Waals surface area (Å²) >= 11 is 0. The van der Waals surface area contributed by atoms with Gasteiger partial charge < -0.3 is 20.5 Å². The Morgan fingerprint density at radius 3 is 2.06 bits per heavy atom. The van der Waals surface area contributed by atoms with Crippen LogP contribution in [0.15, 0.2) is 48.5 Å². The molecule has 0 aromatic heterocycles. The number of hydrogen-bond donors (Lipinski definition) is 3. The van der Waals surface area contributed by atoms with E-state index in [1.165, 1.54) is 0 Å². The maximum Gasteiger partial charge on any atom is 0.407 e. The van der Waals surface area contributed by atoms with Crippen molar-refractivity contribution in [2.45, 2.75) is 58.9 Å². The molecule has 0 bridgehead atoms. The molecule has 3 rings (SSSR count). The van der Waals surface area contributed by atoms with E-state index in [0.717, 1.165) is 22.3 Å². The molecule has 7 nitrogen and oxygen atoms in total. The summed E-state index contributed by atoms with van der Waals surface area (Å²) < 4.78 is 5.66. The van der Waals surface area contributed by atoms with E-state index in [0.29, 0.717) is 19.4 Å². The molecule has 0 fully saturated rings. The number of benzene rings is 2. The molecule has 1 aliphatic carbocycles. The Kier molecular flexibility index (Phi) is 7.88. The third-order valence-corrected chi connectivity index (χ3v) is 7.41. The number of carboxylic acids is 1. The van der Waals surface area contributed by atoms with Crippen molar-refractivity contribution in [3.05, 3.63) is 59.7 Å². The lowest BCUT2D eigenvalue weighted by Gasteiger charge is -2.40. The highest BCUT2D eigenvalue weighted by atomic mass is 16.5. The van der Waals surface area contributed by atoms with Gasteiger partial charge in [-0.2, -0.15) is 0 Å². The second-order valence-corrected chi connectivity index (χ2v) is 10.3. The monoisotopic (exact) mass is 480 g/mol. The van der Waals surface area contributed by atoms with E-state index in [4.69, 9.17) is 9.84 Å². The van der Waals surface area contributed by atoms with Gasteiger partial charge in [-0.25, -0.2) is 4.79 Å². The normalized spacial score (nSPS) is 14.0. The number of carbonyl (C=O) groups excluding carboxylic acids is 2. The van der Waals surface area contributed by atoms with Crippen molar-refractivity contribution >= 4 is 18.0 Å². The van der Waals surface area contributed by atoms with Gasteiger partial charge in [0.05, 0.1) is 16.9 Å². The van der Waals surface area contributed by atoms with Gasteiger partial charge in [-0.05, 0) is 62.8 Å². The summed E-state index contributed by atoms with van der Waals surface area (Å²) in [5.41, 5.74) is 2.77. The first kappa shape index (κ1) is 26.3. The van der Waals surface area contributed by atoms with Gasteiger partial charge in [-0.15, -0.1) is 0 Å². The fourth-order valence-electron chi connectivity index (χ4n) is 4.28. The van der Waals surface area contributed by atoms with Crippen molar-refractivity contribution in [3.8, 4) is 11.1 Å². The van der Waals surface area contributed by atoms with E-state index in [9.17, 15) is 14.4 Å². The highest BCUT2D eigenvalue weighted by Crippen LogP contribution is 2.44. The maximum atomic E-state index is 12.9. The van der Waals surface area contributed by atoms with Crippen LogP contribution in [0.3, 0.4) is 0 Å². The second-order valence-electron chi connectivity index (χ2n) is 10.3. The van der Waals surface area contributed by atoms with Crippen molar-refractivity contribution < 1.29 is 24.2 Å². The topological polar surface area (TPSA) is 105 Å². The highest BCUT2D eigenvalue weighted by molar-refractivity contribution is 5.84. The number of nitrogens with one attached hydrogen (secondary N) is 2. The van der Waals surface area contributed by atoms with Crippen LogP contribution >= 0.6 is 0 Å². The Balaban J connectivity index is 1.57. The molecular weight excluding hydrogens is 444 g/mol. The standard InChI is InChI=1S/C28H36N2O5/c1-18(24(31)32)11-10-16-29-25(33)27(2,3)28(4,5)30-26(34)35-17-23-21-14-8-6-12-19(21)20-13-7-9-15-22(20)23/h6-9,12-15,18,23H,10-11,16-17H2,1-5H3,(H,29,33)(H,30,34)(H,31,32). The molecule has 35 heavy (non-hydrogen) atoms. The molecule has 188 valence electrons. The summed E-state index contributed by atoms with van der Waals surface area (Å²) in [6.07, 6.45) is 0.473. The number of amides is 2. The molecule has 2 aromatic rings. The minimum Gasteiger partial charge on any atom is -0.481 e. The van der Waals surface area contributed by atoms with Crippen molar-refractivity contribution in [2.75, 3.05) is 13.2 Å². The summed E-state index contributed by atoms with van der Waals surface area (Å²) in [4.78, 5) is 36.6. The van der Waals surface area contributed by atoms with Crippen LogP contribution < -0.4 is 10.6 Å². The van der Waals surface area contributed by atoms with Crippen molar-refractivity contribution in [3.63, 3.8) is 0 Å². The molecule has 0 saturated carbocycles. The van der Waals surface area contributed by atoms with Crippen LogP contribution in [0.1, 0.15) is 64.5 Å². The van der Waals surface area contributed by atoms with Crippen LogP contribution in [-0.4, -0.2) is 41.8 Å². The van der Waals surface area contributed by atoms with Crippen LogP contribution in [0, 0.1) is 11.3 Å².